The first-order valence-electron chi connectivity index (χ1n) is 9.78. The molecule has 1 aromatic rings. The summed E-state index contributed by atoms with van der Waals surface area (Å²) in [6.45, 7) is 3.87. The Balaban J connectivity index is 0.00000210. The van der Waals surface area contributed by atoms with Crippen LogP contribution >= 0.6 is 24.8 Å². The Kier molecular flexibility index (Phi) is 10.9. The molecule has 1 aromatic carbocycles. The number of benzene rings is 1. The fourth-order valence-electron chi connectivity index (χ4n) is 3.79. The fourth-order valence-corrected chi connectivity index (χ4v) is 5.21. The number of rotatable bonds is 6. The number of hydrogen-bond acceptors (Lipinski definition) is 5. The number of nitrogens with one attached hydrogen (secondary N) is 2. The summed E-state index contributed by atoms with van der Waals surface area (Å²) in [5, 5.41) is 6.11. The van der Waals surface area contributed by atoms with E-state index in [1.165, 1.54) is 10.7 Å². The number of carbonyl (C=O) groups is 1. The van der Waals surface area contributed by atoms with Gasteiger partial charge in [-0.2, -0.15) is 4.31 Å². The topological polar surface area (TPSA) is 81.8 Å². The van der Waals surface area contributed by atoms with E-state index in [1.807, 2.05) is 0 Å². The Morgan fingerprint density at radius 2 is 1.69 bits per heavy atom. The molecule has 3 rings (SSSR count). The third-order valence-corrected chi connectivity index (χ3v) is 7.41. The maximum atomic E-state index is 12.9. The quantitative estimate of drug-likeness (QED) is 0.671. The highest BCUT2D eigenvalue weighted by Crippen LogP contribution is 2.26. The molecule has 166 valence electrons. The Labute approximate surface area is 186 Å². The van der Waals surface area contributed by atoms with Gasteiger partial charge in [-0.25, -0.2) is 8.42 Å². The summed E-state index contributed by atoms with van der Waals surface area (Å²) >= 11 is 0. The van der Waals surface area contributed by atoms with Crippen molar-refractivity contribution in [3.63, 3.8) is 0 Å². The number of sulfonamides is 1. The third kappa shape index (κ3) is 7.08. The van der Waals surface area contributed by atoms with Crippen LogP contribution in [0.5, 0.6) is 0 Å². The van der Waals surface area contributed by atoms with E-state index in [-0.39, 0.29) is 41.7 Å². The predicted molar refractivity (Wildman–Crippen MR) is 121 cm³/mol. The van der Waals surface area contributed by atoms with Crippen molar-refractivity contribution in [1.29, 1.82) is 0 Å². The van der Waals surface area contributed by atoms with Gasteiger partial charge in [0.25, 0.3) is 0 Å². The molecule has 10 heteroatoms. The standard InChI is InChI=1S/C19H30N4O3S.2ClH/c1-22(17-5-3-2-4-6-17)27(25,26)18-9-7-16(8-10-18)21-19(24)15-23-13-11-20-12-14-23;;/h7-10,17,20H,2-6,11-15H2,1H3,(H,21,24);2*1H. The second-order valence-electron chi connectivity index (χ2n) is 7.41. The van der Waals surface area contributed by atoms with Crippen molar-refractivity contribution >= 4 is 46.4 Å². The van der Waals surface area contributed by atoms with Crippen LogP contribution < -0.4 is 10.6 Å². The molecule has 1 amide bonds. The van der Waals surface area contributed by atoms with Crippen molar-refractivity contribution in [1.82, 2.24) is 14.5 Å². The number of anilines is 1. The van der Waals surface area contributed by atoms with Crippen LogP contribution in [0.1, 0.15) is 32.1 Å². The van der Waals surface area contributed by atoms with Crippen molar-refractivity contribution in [2.75, 3.05) is 45.1 Å². The van der Waals surface area contributed by atoms with Crippen LogP contribution in [0.25, 0.3) is 0 Å². The molecule has 0 radical (unpaired) electrons. The zero-order valence-electron chi connectivity index (χ0n) is 16.8. The Morgan fingerprint density at radius 3 is 2.28 bits per heavy atom. The van der Waals surface area contributed by atoms with Crippen LogP contribution in [-0.2, 0) is 14.8 Å². The van der Waals surface area contributed by atoms with E-state index in [9.17, 15) is 13.2 Å². The molecule has 2 aliphatic rings. The molecule has 1 heterocycles. The summed E-state index contributed by atoms with van der Waals surface area (Å²) < 4.78 is 27.2. The summed E-state index contributed by atoms with van der Waals surface area (Å²) in [7, 11) is -1.83. The second-order valence-corrected chi connectivity index (χ2v) is 9.41. The summed E-state index contributed by atoms with van der Waals surface area (Å²) in [5.41, 5.74) is 0.620. The molecule has 1 saturated carbocycles. The smallest absolute Gasteiger partial charge is 0.243 e. The number of halogens is 2. The molecular formula is C19H32Cl2N4O3S. The van der Waals surface area contributed by atoms with E-state index in [2.05, 4.69) is 15.5 Å². The molecular weight excluding hydrogens is 435 g/mol. The van der Waals surface area contributed by atoms with Gasteiger partial charge in [0, 0.05) is 45.0 Å². The Bertz CT molecular complexity index is 734. The number of piperazine rings is 1. The van der Waals surface area contributed by atoms with E-state index in [0.29, 0.717) is 12.2 Å². The molecule has 0 atom stereocenters. The highest BCUT2D eigenvalue weighted by molar-refractivity contribution is 7.89. The molecule has 0 aromatic heterocycles. The van der Waals surface area contributed by atoms with Gasteiger partial charge in [-0.15, -0.1) is 24.8 Å². The zero-order valence-corrected chi connectivity index (χ0v) is 19.3. The Morgan fingerprint density at radius 1 is 1.10 bits per heavy atom. The molecule has 7 nitrogen and oxygen atoms in total. The van der Waals surface area contributed by atoms with Crippen LogP contribution in [0, 0.1) is 0 Å². The van der Waals surface area contributed by atoms with Gasteiger partial charge in [0.2, 0.25) is 15.9 Å². The SMILES string of the molecule is CN(C1CCCCC1)S(=O)(=O)c1ccc(NC(=O)CN2CCNCC2)cc1.Cl.Cl. The lowest BCUT2D eigenvalue weighted by Gasteiger charge is -2.30. The van der Waals surface area contributed by atoms with Crippen molar-refractivity contribution in [3.8, 4) is 0 Å². The zero-order chi connectivity index (χ0) is 19.3. The van der Waals surface area contributed by atoms with Gasteiger partial charge in [0.1, 0.15) is 0 Å². The first kappa shape index (κ1) is 26.1. The summed E-state index contributed by atoms with van der Waals surface area (Å²) in [6, 6.07) is 6.57. The lowest BCUT2D eigenvalue weighted by atomic mass is 9.96. The summed E-state index contributed by atoms with van der Waals surface area (Å²) in [5.74, 6) is -0.0770. The third-order valence-electron chi connectivity index (χ3n) is 5.48. The van der Waals surface area contributed by atoms with Gasteiger partial charge in [-0.3, -0.25) is 9.69 Å². The lowest BCUT2D eigenvalue weighted by molar-refractivity contribution is -0.117. The molecule has 1 aliphatic heterocycles. The molecule has 2 fully saturated rings. The van der Waals surface area contributed by atoms with E-state index < -0.39 is 10.0 Å². The molecule has 1 saturated heterocycles. The van der Waals surface area contributed by atoms with Crippen molar-refractivity contribution in [2.45, 2.75) is 43.0 Å². The first-order chi connectivity index (χ1) is 13.0. The minimum atomic E-state index is -3.50. The second kappa shape index (κ2) is 12.1. The number of hydrogen-bond donors (Lipinski definition) is 2. The number of carbonyl (C=O) groups excluding carboxylic acids is 1. The average molecular weight is 467 g/mol. The van der Waals surface area contributed by atoms with Crippen molar-refractivity contribution in [2.24, 2.45) is 0 Å². The van der Waals surface area contributed by atoms with Gasteiger partial charge in [0.15, 0.2) is 0 Å². The predicted octanol–water partition coefficient (Wildman–Crippen LogP) is 2.33. The van der Waals surface area contributed by atoms with Crippen LogP contribution in [0.2, 0.25) is 0 Å². The molecule has 1 aliphatic carbocycles. The summed E-state index contributed by atoms with van der Waals surface area (Å²) in [6.07, 6.45) is 5.21. The van der Waals surface area contributed by atoms with Gasteiger partial charge >= 0.3 is 0 Å². The molecule has 0 bridgehead atoms. The largest absolute Gasteiger partial charge is 0.325 e. The monoisotopic (exact) mass is 466 g/mol. The van der Waals surface area contributed by atoms with E-state index in [1.54, 1.807) is 31.3 Å². The summed E-state index contributed by atoms with van der Waals surface area (Å²) in [4.78, 5) is 14.6. The minimum absolute atomic E-state index is 0. The number of amides is 1. The van der Waals surface area contributed by atoms with E-state index in [0.717, 1.165) is 51.9 Å². The van der Waals surface area contributed by atoms with Gasteiger partial charge in [-0.05, 0) is 37.1 Å². The van der Waals surface area contributed by atoms with Gasteiger partial charge < -0.3 is 10.6 Å². The Hall–Kier alpha value is -0.900. The molecule has 0 spiro atoms. The van der Waals surface area contributed by atoms with Gasteiger partial charge in [0.05, 0.1) is 11.4 Å². The minimum Gasteiger partial charge on any atom is -0.325 e. The number of nitrogens with zero attached hydrogens (tertiary/aromatic N) is 2. The maximum Gasteiger partial charge on any atom is 0.243 e. The van der Waals surface area contributed by atoms with Crippen molar-refractivity contribution in [3.05, 3.63) is 24.3 Å². The highest BCUT2D eigenvalue weighted by atomic mass is 35.5. The first-order valence-corrected chi connectivity index (χ1v) is 11.2. The lowest BCUT2D eigenvalue weighted by Crippen LogP contribution is -2.46. The van der Waals surface area contributed by atoms with Crippen molar-refractivity contribution < 1.29 is 13.2 Å². The highest BCUT2D eigenvalue weighted by Gasteiger charge is 2.29. The molecule has 29 heavy (non-hydrogen) atoms. The molecule has 2 N–H and O–H groups in total. The normalized spacial score (nSPS) is 18.6. The van der Waals surface area contributed by atoms with Crippen LogP contribution in [0.15, 0.2) is 29.2 Å². The maximum absolute atomic E-state index is 12.9. The van der Waals surface area contributed by atoms with Gasteiger partial charge in [-0.1, -0.05) is 19.3 Å². The van der Waals surface area contributed by atoms with Crippen LogP contribution in [-0.4, -0.2) is 69.3 Å². The average Bonchev–Trinajstić information content (AvgIpc) is 2.69. The van der Waals surface area contributed by atoms with Crippen LogP contribution in [0.4, 0.5) is 5.69 Å². The van der Waals surface area contributed by atoms with Crippen LogP contribution in [0.3, 0.4) is 0 Å². The fraction of sp³-hybridized carbons (Fsp3) is 0.632. The van der Waals surface area contributed by atoms with E-state index >= 15 is 0 Å². The molecule has 0 unspecified atom stereocenters. The van der Waals surface area contributed by atoms with E-state index in [4.69, 9.17) is 0 Å².